The Hall–Kier alpha value is -3.02. The van der Waals surface area contributed by atoms with Gasteiger partial charge in [0.1, 0.15) is 11.5 Å². The van der Waals surface area contributed by atoms with E-state index in [2.05, 4.69) is 5.32 Å². The van der Waals surface area contributed by atoms with Crippen molar-refractivity contribution in [2.45, 2.75) is 12.5 Å². The molecular weight excluding hydrogens is 332 g/mol. The number of para-hydroxylation sites is 1. The Bertz CT molecular complexity index is 804. The van der Waals surface area contributed by atoms with E-state index in [4.69, 9.17) is 9.47 Å². The summed E-state index contributed by atoms with van der Waals surface area (Å²) in [7, 11) is 3.34. The first-order chi connectivity index (χ1) is 12.5. The van der Waals surface area contributed by atoms with Crippen LogP contribution in [0.4, 0.5) is 0 Å². The van der Waals surface area contributed by atoms with E-state index in [9.17, 15) is 9.59 Å². The zero-order valence-corrected chi connectivity index (χ0v) is 14.9. The summed E-state index contributed by atoms with van der Waals surface area (Å²) < 4.78 is 11.1. The zero-order valence-electron chi connectivity index (χ0n) is 14.9. The molecule has 1 N–H and O–H groups in total. The van der Waals surface area contributed by atoms with Crippen LogP contribution in [0.3, 0.4) is 0 Å². The average molecular weight is 354 g/mol. The SMILES string of the molecule is CN(C)C(=O)COc1cccc(C(=O)NC2CCOc3ccccc32)c1. The number of likely N-dealkylation sites (N-methyl/N-ethyl adjacent to an activating group) is 1. The van der Waals surface area contributed by atoms with Gasteiger partial charge in [-0.3, -0.25) is 9.59 Å². The molecule has 3 rings (SSSR count). The van der Waals surface area contributed by atoms with Crippen LogP contribution in [0.15, 0.2) is 48.5 Å². The van der Waals surface area contributed by atoms with Crippen LogP contribution in [-0.2, 0) is 4.79 Å². The molecule has 2 amide bonds. The molecule has 0 aromatic heterocycles. The monoisotopic (exact) mass is 354 g/mol. The maximum atomic E-state index is 12.6. The first-order valence-corrected chi connectivity index (χ1v) is 8.50. The molecule has 0 bridgehead atoms. The topological polar surface area (TPSA) is 67.9 Å². The molecule has 0 saturated carbocycles. The number of rotatable bonds is 5. The van der Waals surface area contributed by atoms with E-state index in [1.165, 1.54) is 4.90 Å². The number of carbonyl (C=O) groups is 2. The predicted molar refractivity (Wildman–Crippen MR) is 97.4 cm³/mol. The molecule has 1 atom stereocenters. The summed E-state index contributed by atoms with van der Waals surface area (Å²) in [5.74, 6) is 0.971. The second kappa shape index (κ2) is 7.91. The molecule has 1 aliphatic rings. The van der Waals surface area contributed by atoms with Gasteiger partial charge in [0, 0.05) is 31.6 Å². The largest absolute Gasteiger partial charge is 0.493 e. The average Bonchev–Trinajstić information content (AvgIpc) is 2.66. The highest BCUT2D eigenvalue weighted by molar-refractivity contribution is 5.95. The van der Waals surface area contributed by atoms with Gasteiger partial charge in [0.15, 0.2) is 6.61 Å². The number of amides is 2. The van der Waals surface area contributed by atoms with E-state index in [1.807, 2.05) is 24.3 Å². The summed E-state index contributed by atoms with van der Waals surface area (Å²) in [5.41, 5.74) is 1.47. The van der Waals surface area contributed by atoms with E-state index in [1.54, 1.807) is 38.4 Å². The lowest BCUT2D eigenvalue weighted by atomic mass is 10.00. The Morgan fingerprint density at radius 1 is 1.19 bits per heavy atom. The van der Waals surface area contributed by atoms with Crippen molar-refractivity contribution in [3.8, 4) is 11.5 Å². The van der Waals surface area contributed by atoms with Crippen LogP contribution in [0.1, 0.15) is 28.4 Å². The second-order valence-corrected chi connectivity index (χ2v) is 6.31. The highest BCUT2D eigenvalue weighted by atomic mass is 16.5. The maximum Gasteiger partial charge on any atom is 0.259 e. The first kappa shape index (κ1) is 17.8. The molecule has 1 aliphatic heterocycles. The molecule has 136 valence electrons. The minimum atomic E-state index is -0.184. The fraction of sp³-hybridized carbons (Fsp3) is 0.300. The van der Waals surface area contributed by atoms with Crippen molar-refractivity contribution >= 4 is 11.8 Å². The van der Waals surface area contributed by atoms with E-state index in [-0.39, 0.29) is 24.5 Å². The van der Waals surface area contributed by atoms with Crippen molar-refractivity contribution in [3.05, 3.63) is 59.7 Å². The molecule has 2 aromatic carbocycles. The zero-order chi connectivity index (χ0) is 18.5. The van der Waals surface area contributed by atoms with Gasteiger partial charge in [0.2, 0.25) is 0 Å². The highest BCUT2D eigenvalue weighted by Crippen LogP contribution is 2.31. The van der Waals surface area contributed by atoms with Gasteiger partial charge in [0.25, 0.3) is 11.8 Å². The Morgan fingerprint density at radius 2 is 2.00 bits per heavy atom. The van der Waals surface area contributed by atoms with Crippen LogP contribution in [0.2, 0.25) is 0 Å². The molecular formula is C20H22N2O4. The second-order valence-electron chi connectivity index (χ2n) is 6.31. The van der Waals surface area contributed by atoms with E-state index < -0.39 is 0 Å². The normalized spacial score (nSPS) is 15.4. The van der Waals surface area contributed by atoms with Crippen molar-refractivity contribution in [3.63, 3.8) is 0 Å². The minimum absolute atomic E-state index is 0.0641. The molecule has 26 heavy (non-hydrogen) atoms. The van der Waals surface area contributed by atoms with Gasteiger partial charge in [-0.1, -0.05) is 24.3 Å². The third-order valence-corrected chi connectivity index (χ3v) is 4.22. The van der Waals surface area contributed by atoms with Crippen LogP contribution in [-0.4, -0.2) is 44.0 Å². The van der Waals surface area contributed by atoms with Gasteiger partial charge in [-0.25, -0.2) is 0 Å². The van der Waals surface area contributed by atoms with Gasteiger partial charge < -0.3 is 19.7 Å². The molecule has 1 heterocycles. The van der Waals surface area contributed by atoms with Crippen LogP contribution >= 0.6 is 0 Å². The fourth-order valence-electron chi connectivity index (χ4n) is 2.73. The van der Waals surface area contributed by atoms with E-state index in [0.29, 0.717) is 17.9 Å². The number of hydrogen-bond donors (Lipinski definition) is 1. The van der Waals surface area contributed by atoms with Crippen molar-refractivity contribution in [1.82, 2.24) is 10.2 Å². The van der Waals surface area contributed by atoms with Crippen molar-refractivity contribution in [1.29, 1.82) is 0 Å². The Labute approximate surface area is 152 Å². The Morgan fingerprint density at radius 3 is 2.81 bits per heavy atom. The van der Waals surface area contributed by atoms with Gasteiger partial charge in [-0.2, -0.15) is 0 Å². The summed E-state index contributed by atoms with van der Waals surface area (Å²) in [6.07, 6.45) is 0.719. The molecule has 6 heteroatoms. The van der Waals surface area contributed by atoms with Crippen LogP contribution in [0.25, 0.3) is 0 Å². The van der Waals surface area contributed by atoms with Crippen LogP contribution in [0, 0.1) is 0 Å². The number of hydrogen-bond acceptors (Lipinski definition) is 4. The van der Waals surface area contributed by atoms with Gasteiger partial charge in [-0.05, 0) is 24.3 Å². The highest BCUT2D eigenvalue weighted by Gasteiger charge is 2.23. The standard InChI is InChI=1S/C20H22N2O4/c1-22(2)19(23)13-26-15-7-5-6-14(12-15)20(24)21-17-10-11-25-18-9-4-3-8-16(17)18/h3-9,12,17H,10-11,13H2,1-2H3,(H,21,24). The fourth-order valence-corrected chi connectivity index (χ4v) is 2.73. The van der Waals surface area contributed by atoms with Gasteiger partial charge in [0.05, 0.1) is 12.6 Å². The van der Waals surface area contributed by atoms with Gasteiger partial charge in [-0.15, -0.1) is 0 Å². The molecule has 0 aliphatic carbocycles. The Kier molecular flexibility index (Phi) is 5.41. The van der Waals surface area contributed by atoms with Crippen LogP contribution < -0.4 is 14.8 Å². The maximum absolute atomic E-state index is 12.6. The van der Waals surface area contributed by atoms with Crippen LogP contribution in [0.5, 0.6) is 11.5 Å². The number of fused-ring (bicyclic) bond motifs is 1. The van der Waals surface area contributed by atoms with Crippen molar-refractivity contribution in [2.24, 2.45) is 0 Å². The molecule has 1 unspecified atom stereocenters. The number of ether oxygens (including phenoxy) is 2. The molecule has 6 nitrogen and oxygen atoms in total. The predicted octanol–water partition coefficient (Wildman–Crippen LogP) is 2.41. The molecule has 2 aromatic rings. The number of nitrogens with zero attached hydrogens (tertiary/aromatic N) is 1. The van der Waals surface area contributed by atoms with Gasteiger partial charge >= 0.3 is 0 Å². The first-order valence-electron chi connectivity index (χ1n) is 8.50. The summed E-state index contributed by atoms with van der Waals surface area (Å²) >= 11 is 0. The quantitative estimate of drug-likeness (QED) is 0.895. The summed E-state index contributed by atoms with van der Waals surface area (Å²) in [4.78, 5) is 25.7. The summed E-state index contributed by atoms with van der Waals surface area (Å²) in [6.45, 7) is 0.503. The summed E-state index contributed by atoms with van der Waals surface area (Å²) in [5, 5.41) is 3.05. The molecule has 0 saturated heterocycles. The number of benzene rings is 2. The Balaban J connectivity index is 1.67. The minimum Gasteiger partial charge on any atom is -0.493 e. The lowest BCUT2D eigenvalue weighted by molar-refractivity contribution is -0.130. The van der Waals surface area contributed by atoms with Crippen molar-refractivity contribution in [2.75, 3.05) is 27.3 Å². The molecule has 0 spiro atoms. The third-order valence-electron chi connectivity index (χ3n) is 4.22. The molecule has 0 fully saturated rings. The number of nitrogens with one attached hydrogen (secondary N) is 1. The molecule has 0 radical (unpaired) electrons. The van der Waals surface area contributed by atoms with E-state index >= 15 is 0 Å². The summed E-state index contributed by atoms with van der Waals surface area (Å²) in [6, 6.07) is 14.5. The lowest BCUT2D eigenvalue weighted by Crippen LogP contribution is -2.32. The van der Waals surface area contributed by atoms with E-state index in [0.717, 1.165) is 17.7 Å². The lowest BCUT2D eigenvalue weighted by Gasteiger charge is -2.26. The van der Waals surface area contributed by atoms with Crippen molar-refractivity contribution < 1.29 is 19.1 Å². The number of carbonyl (C=O) groups excluding carboxylic acids is 2. The third kappa shape index (κ3) is 4.14. The smallest absolute Gasteiger partial charge is 0.259 e.